The van der Waals surface area contributed by atoms with E-state index in [0.29, 0.717) is 24.5 Å². The molecule has 0 spiro atoms. The van der Waals surface area contributed by atoms with E-state index >= 15 is 0 Å². The van der Waals surface area contributed by atoms with Crippen LogP contribution in [0.4, 0.5) is 0 Å². The molecule has 0 saturated carbocycles. The highest BCUT2D eigenvalue weighted by atomic mass is 16.5. The van der Waals surface area contributed by atoms with E-state index in [1.165, 1.54) is 0 Å². The van der Waals surface area contributed by atoms with E-state index in [0.717, 1.165) is 0 Å². The molecule has 1 fully saturated rings. The maximum absolute atomic E-state index is 12.0. The minimum Gasteiger partial charge on any atom is -0.361 e. The molecule has 1 N–H and O–H groups in total. The average Bonchev–Trinajstić information content (AvgIpc) is 2.59. The second kappa shape index (κ2) is 4.68. The Morgan fingerprint density at radius 3 is 2.53 bits per heavy atom. The fourth-order valence-corrected chi connectivity index (χ4v) is 1.91. The summed E-state index contributed by atoms with van der Waals surface area (Å²) in [6.45, 7) is 8.42. The van der Waals surface area contributed by atoms with Gasteiger partial charge in [-0.15, -0.1) is 0 Å². The molecule has 1 saturated heterocycles. The van der Waals surface area contributed by atoms with Gasteiger partial charge in [0.05, 0.1) is 5.92 Å². The van der Waals surface area contributed by atoms with Crippen LogP contribution in [0.25, 0.3) is 0 Å². The van der Waals surface area contributed by atoms with Gasteiger partial charge in [0.15, 0.2) is 5.69 Å². The van der Waals surface area contributed by atoms with Crippen molar-refractivity contribution in [2.24, 2.45) is 5.92 Å². The van der Waals surface area contributed by atoms with Gasteiger partial charge in [0.1, 0.15) is 5.76 Å². The Morgan fingerprint density at radius 2 is 2.05 bits per heavy atom. The number of nitrogens with zero attached hydrogens (tertiary/aromatic N) is 2. The summed E-state index contributed by atoms with van der Waals surface area (Å²) in [5.41, 5.74) is 0.0530. The standard InChI is InChI=1S/C13H19N3O3/c1-8-5-10(15-19-8)12(18)16-6-9(7-16)11(17)14-13(2,3)4/h5,9H,6-7H2,1-4H3,(H,14,17). The lowest BCUT2D eigenvalue weighted by molar-refractivity contribution is -0.130. The van der Waals surface area contributed by atoms with Crippen LogP contribution < -0.4 is 5.32 Å². The third-order valence-corrected chi connectivity index (χ3v) is 2.88. The molecule has 0 atom stereocenters. The molecule has 1 aliphatic heterocycles. The van der Waals surface area contributed by atoms with Crippen LogP contribution in [-0.2, 0) is 4.79 Å². The van der Waals surface area contributed by atoms with Gasteiger partial charge in [-0.3, -0.25) is 9.59 Å². The quantitative estimate of drug-likeness (QED) is 0.864. The van der Waals surface area contributed by atoms with E-state index < -0.39 is 0 Å². The lowest BCUT2D eigenvalue weighted by atomic mass is 9.97. The Kier molecular flexibility index (Phi) is 3.34. The van der Waals surface area contributed by atoms with Gasteiger partial charge in [-0.1, -0.05) is 5.16 Å². The normalized spacial score (nSPS) is 16.1. The number of rotatable bonds is 2. The van der Waals surface area contributed by atoms with Gasteiger partial charge >= 0.3 is 0 Å². The van der Waals surface area contributed by atoms with Gasteiger partial charge in [0.2, 0.25) is 5.91 Å². The first-order valence-electron chi connectivity index (χ1n) is 6.31. The number of hydrogen-bond donors (Lipinski definition) is 1. The molecule has 104 valence electrons. The van der Waals surface area contributed by atoms with Crippen LogP contribution in [-0.4, -0.2) is 40.5 Å². The molecule has 1 aliphatic rings. The Labute approximate surface area is 112 Å². The summed E-state index contributed by atoms with van der Waals surface area (Å²) in [6, 6.07) is 1.60. The number of carbonyl (C=O) groups is 2. The van der Waals surface area contributed by atoms with Crippen molar-refractivity contribution < 1.29 is 14.1 Å². The molecule has 19 heavy (non-hydrogen) atoms. The largest absolute Gasteiger partial charge is 0.361 e. The molecule has 0 unspecified atom stereocenters. The average molecular weight is 265 g/mol. The van der Waals surface area contributed by atoms with Crippen LogP contribution in [0, 0.1) is 12.8 Å². The van der Waals surface area contributed by atoms with Crippen LogP contribution in [0.15, 0.2) is 10.6 Å². The zero-order valence-electron chi connectivity index (χ0n) is 11.7. The first kappa shape index (κ1) is 13.6. The molecule has 0 radical (unpaired) electrons. The van der Waals surface area contributed by atoms with Crippen molar-refractivity contribution >= 4 is 11.8 Å². The molecular formula is C13H19N3O3. The summed E-state index contributed by atoms with van der Waals surface area (Å²) in [6.07, 6.45) is 0. The Morgan fingerprint density at radius 1 is 1.42 bits per heavy atom. The maximum Gasteiger partial charge on any atom is 0.276 e. The number of aromatic nitrogens is 1. The molecule has 0 aromatic carbocycles. The highest BCUT2D eigenvalue weighted by Gasteiger charge is 2.37. The van der Waals surface area contributed by atoms with Crippen LogP contribution in [0.5, 0.6) is 0 Å². The smallest absolute Gasteiger partial charge is 0.276 e. The van der Waals surface area contributed by atoms with E-state index in [9.17, 15) is 9.59 Å². The van der Waals surface area contributed by atoms with Gasteiger partial charge in [-0.2, -0.15) is 0 Å². The van der Waals surface area contributed by atoms with Crippen molar-refractivity contribution in [3.8, 4) is 0 Å². The SMILES string of the molecule is Cc1cc(C(=O)N2CC(C(=O)NC(C)(C)C)C2)no1. The van der Waals surface area contributed by atoms with Crippen molar-refractivity contribution in [1.82, 2.24) is 15.4 Å². The Hall–Kier alpha value is -1.85. The van der Waals surface area contributed by atoms with Gasteiger partial charge in [0.25, 0.3) is 5.91 Å². The minimum atomic E-state index is -0.245. The van der Waals surface area contributed by atoms with E-state index in [1.54, 1.807) is 17.9 Å². The molecule has 1 aromatic heterocycles. The van der Waals surface area contributed by atoms with Gasteiger partial charge < -0.3 is 14.7 Å². The highest BCUT2D eigenvalue weighted by molar-refractivity contribution is 5.94. The predicted molar refractivity (Wildman–Crippen MR) is 68.5 cm³/mol. The van der Waals surface area contributed by atoms with Crippen molar-refractivity contribution in [1.29, 1.82) is 0 Å². The van der Waals surface area contributed by atoms with Gasteiger partial charge in [-0.25, -0.2) is 0 Å². The third-order valence-electron chi connectivity index (χ3n) is 2.88. The lowest BCUT2D eigenvalue weighted by Crippen LogP contribution is -2.58. The lowest BCUT2D eigenvalue weighted by Gasteiger charge is -2.39. The van der Waals surface area contributed by atoms with E-state index in [1.807, 2.05) is 20.8 Å². The van der Waals surface area contributed by atoms with E-state index in [4.69, 9.17) is 4.52 Å². The van der Waals surface area contributed by atoms with Gasteiger partial charge in [-0.05, 0) is 27.7 Å². The fourth-order valence-electron chi connectivity index (χ4n) is 1.91. The summed E-state index contributed by atoms with van der Waals surface area (Å²) < 4.78 is 4.87. The van der Waals surface area contributed by atoms with Crippen LogP contribution in [0.3, 0.4) is 0 Å². The van der Waals surface area contributed by atoms with Gasteiger partial charge in [0, 0.05) is 24.7 Å². The number of amides is 2. The van der Waals surface area contributed by atoms with E-state index in [-0.39, 0.29) is 23.3 Å². The van der Waals surface area contributed by atoms with Crippen molar-refractivity contribution in [2.75, 3.05) is 13.1 Å². The molecule has 2 rings (SSSR count). The maximum atomic E-state index is 12.0. The summed E-state index contributed by atoms with van der Waals surface area (Å²) in [7, 11) is 0. The number of carbonyl (C=O) groups excluding carboxylic acids is 2. The minimum absolute atomic E-state index is 0.00659. The fraction of sp³-hybridized carbons (Fsp3) is 0.615. The first-order valence-corrected chi connectivity index (χ1v) is 6.31. The molecule has 1 aromatic rings. The zero-order chi connectivity index (χ0) is 14.2. The molecule has 0 bridgehead atoms. The van der Waals surface area contributed by atoms with Crippen molar-refractivity contribution in [3.05, 3.63) is 17.5 Å². The van der Waals surface area contributed by atoms with Crippen molar-refractivity contribution in [3.63, 3.8) is 0 Å². The number of nitrogens with one attached hydrogen (secondary N) is 1. The molecule has 2 amide bonds. The van der Waals surface area contributed by atoms with Crippen molar-refractivity contribution in [2.45, 2.75) is 33.2 Å². The third kappa shape index (κ3) is 3.13. The molecule has 6 heteroatoms. The van der Waals surface area contributed by atoms with Crippen LogP contribution in [0.1, 0.15) is 37.0 Å². The predicted octanol–water partition coefficient (Wildman–Crippen LogP) is 0.970. The summed E-state index contributed by atoms with van der Waals surface area (Å²) >= 11 is 0. The summed E-state index contributed by atoms with van der Waals surface area (Å²) in [4.78, 5) is 25.4. The molecule has 6 nitrogen and oxygen atoms in total. The number of hydrogen-bond acceptors (Lipinski definition) is 4. The zero-order valence-corrected chi connectivity index (χ0v) is 11.7. The summed E-state index contributed by atoms with van der Waals surface area (Å²) in [5.74, 6) is 0.284. The highest BCUT2D eigenvalue weighted by Crippen LogP contribution is 2.19. The van der Waals surface area contributed by atoms with Crippen LogP contribution >= 0.6 is 0 Å². The summed E-state index contributed by atoms with van der Waals surface area (Å²) in [5, 5.41) is 6.59. The van der Waals surface area contributed by atoms with E-state index in [2.05, 4.69) is 10.5 Å². The monoisotopic (exact) mass is 265 g/mol. The molecule has 0 aliphatic carbocycles. The Balaban J connectivity index is 1.86. The first-order chi connectivity index (χ1) is 8.76. The Bertz CT molecular complexity index is 495. The second-order valence-electron chi connectivity index (χ2n) is 5.97. The second-order valence-corrected chi connectivity index (χ2v) is 5.97. The topological polar surface area (TPSA) is 75.4 Å². The van der Waals surface area contributed by atoms with Crippen LogP contribution in [0.2, 0.25) is 0 Å². The number of aryl methyl sites for hydroxylation is 1. The molecule has 2 heterocycles. The number of likely N-dealkylation sites (tertiary alicyclic amines) is 1. The molecular weight excluding hydrogens is 246 g/mol.